The topological polar surface area (TPSA) is 184 Å². The van der Waals surface area contributed by atoms with E-state index in [1.165, 1.54) is 0 Å². The van der Waals surface area contributed by atoms with Gasteiger partial charge in [-0.25, -0.2) is 4.79 Å². The number of hydrogen-bond acceptors (Lipinski definition) is 12. The molecule has 0 aliphatic carbocycles. The molecular formula is C28H22N8O6. The van der Waals surface area contributed by atoms with Gasteiger partial charge >= 0.3 is 5.63 Å². The predicted octanol–water partition coefficient (Wildman–Crippen LogP) is 4.58. The van der Waals surface area contributed by atoms with Crippen LogP contribution in [0.3, 0.4) is 0 Å². The van der Waals surface area contributed by atoms with E-state index >= 15 is 0 Å². The van der Waals surface area contributed by atoms with Crippen LogP contribution < -0.4 is 15.1 Å². The van der Waals surface area contributed by atoms with Gasteiger partial charge in [-0.15, -0.1) is 20.4 Å². The first kappa shape index (κ1) is 25.2. The SMILES string of the molecule is Cc1cc2c(cc1OCc1ccc(-c3nn[nH]n3)o1)c(=O)oc1c(C)c(OCc3ccc(-c4nn[nH]n4)o3)cc(C)c12. The Hall–Kier alpha value is -5.79. The lowest BCUT2D eigenvalue weighted by molar-refractivity contribution is 0.270. The molecule has 0 radical (unpaired) electrons. The van der Waals surface area contributed by atoms with Gasteiger partial charge in [0, 0.05) is 16.3 Å². The fourth-order valence-corrected chi connectivity index (χ4v) is 4.82. The Balaban J connectivity index is 1.16. The van der Waals surface area contributed by atoms with Crippen molar-refractivity contribution in [2.45, 2.75) is 34.0 Å². The van der Waals surface area contributed by atoms with Crippen LogP contribution in [0.4, 0.5) is 0 Å². The van der Waals surface area contributed by atoms with Crippen LogP contribution in [0.1, 0.15) is 28.2 Å². The van der Waals surface area contributed by atoms with Gasteiger partial charge in [0.25, 0.3) is 0 Å². The average molecular weight is 567 g/mol. The summed E-state index contributed by atoms with van der Waals surface area (Å²) in [5, 5.41) is 29.5. The number of nitrogens with one attached hydrogen (secondary N) is 2. The number of aromatic amines is 2. The van der Waals surface area contributed by atoms with Gasteiger partial charge < -0.3 is 22.7 Å². The van der Waals surface area contributed by atoms with Gasteiger partial charge in [0.15, 0.2) is 11.5 Å². The first-order valence-electron chi connectivity index (χ1n) is 12.9. The number of rotatable bonds is 8. The van der Waals surface area contributed by atoms with Crippen molar-refractivity contribution in [3.8, 4) is 34.7 Å². The van der Waals surface area contributed by atoms with Crippen molar-refractivity contribution in [1.29, 1.82) is 0 Å². The lowest BCUT2D eigenvalue weighted by atomic mass is 9.98. The van der Waals surface area contributed by atoms with Gasteiger partial charge in [-0.05, 0) is 84.8 Å². The van der Waals surface area contributed by atoms with Crippen LogP contribution in [-0.2, 0) is 13.2 Å². The summed E-state index contributed by atoms with van der Waals surface area (Å²) in [6, 6.07) is 12.6. The van der Waals surface area contributed by atoms with Crippen molar-refractivity contribution in [2.75, 3.05) is 0 Å². The van der Waals surface area contributed by atoms with Crippen molar-refractivity contribution in [1.82, 2.24) is 41.2 Å². The largest absolute Gasteiger partial charge is 0.485 e. The Bertz CT molecular complexity index is 2110. The third-order valence-corrected chi connectivity index (χ3v) is 6.87. The summed E-state index contributed by atoms with van der Waals surface area (Å²) in [5.41, 5.74) is 2.44. The molecule has 5 heterocycles. The predicted molar refractivity (Wildman–Crippen MR) is 147 cm³/mol. The number of tetrazole rings is 2. The monoisotopic (exact) mass is 566 g/mol. The van der Waals surface area contributed by atoms with Gasteiger partial charge in [0.1, 0.15) is 41.8 Å². The number of nitrogens with zero attached hydrogens (tertiary/aromatic N) is 6. The Morgan fingerprint density at radius 2 is 1.33 bits per heavy atom. The fraction of sp³-hybridized carbons (Fsp3) is 0.179. The lowest BCUT2D eigenvalue weighted by Crippen LogP contribution is -2.05. The molecule has 5 aromatic heterocycles. The van der Waals surface area contributed by atoms with E-state index in [2.05, 4.69) is 41.2 Å². The van der Waals surface area contributed by atoms with Gasteiger partial charge in [0.2, 0.25) is 11.6 Å². The standard InChI is InChI=1S/C28H22N8O6/c1-13-8-18-19(10-22(13)38-11-16-4-6-20(40-16)26-29-33-34-30-26)28(37)42-25-15(3)23(9-14(2)24(18)25)39-12-17-5-7-21(41-17)27-31-35-36-32-27/h4-10H,11-12H2,1-3H3,(H,29,30,33,34)(H,31,32,35,36). The van der Waals surface area contributed by atoms with Crippen LogP contribution >= 0.6 is 0 Å². The van der Waals surface area contributed by atoms with Crippen LogP contribution in [-0.4, -0.2) is 41.2 Å². The summed E-state index contributed by atoms with van der Waals surface area (Å²) in [6.45, 7) is 6.04. The van der Waals surface area contributed by atoms with Crippen molar-refractivity contribution in [2.24, 2.45) is 0 Å². The summed E-state index contributed by atoms with van der Waals surface area (Å²) in [6.07, 6.45) is 0. The quantitative estimate of drug-likeness (QED) is 0.193. The molecule has 14 heteroatoms. The zero-order valence-electron chi connectivity index (χ0n) is 22.6. The molecule has 0 spiro atoms. The Labute approximate surface area is 235 Å². The summed E-state index contributed by atoms with van der Waals surface area (Å²) >= 11 is 0. The van der Waals surface area contributed by atoms with Gasteiger partial charge in [-0.3, -0.25) is 0 Å². The van der Waals surface area contributed by atoms with Crippen molar-refractivity contribution < 1.29 is 22.7 Å². The average Bonchev–Trinajstić information content (AvgIpc) is 3.80. The zero-order valence-corrected chi connectivity index (χ0v) is 22.6. The number of aryl methyl sites for hydroxylation is 3. The van der Waals surface area contributed by atoms with Crippen LogP contribution in [0.5, 0.6) is 11.5 Å². The molecule has 42 heavy (non-hydrogen) atoms. The number of aromatic nitrogens is 8. The highest BCUT2D eigenvalue weighted by Gasteiger charge is 2.19. The van der Waals surface area contributed by atoms with Crippen LogP contribution in [0, 0.1) is 20.8 Å². The smallest absolute Gasteiger partial charge is 0.344 e. The molecule has 2 aromatic carbocycles. The first-order valence-corrected chi connectivity index (χ1v) is 12.9. The van der Waals surface area contributed by atoms with E-state index < -0.39 is 5.63 Å². The minimum Gasteiger partial charge on any atom is -0.485 e. The second-order valence-electron chi connectivity index (χ2n) is 9.65. The molecule has 0 aliphatic heterocycles. The van der Waals surface area contributed by atoms with Gasteiger partial charge in [-0.1, -0.05) is 0 Å². The molecule has 0 fully saturated rings. The molecule has 210 valence electrons. The van der Waals surface area contributed by atoms with Crippen molar-refractivity contribution in [3.63, 3.8) is 0 Å². The zero-order chi connectivity index (χ0) is 28.8. The summed E-state index contributed by atoms with van der Waals surface area (Å²) in [5.74, 6) is 3.92. The molecule has 0 bridgehead atoms. The van der Waals surface area contributed by atoms with E-state index in [0.717, 1.165) is 21.9 Å². The summed E-state index contributed by atoms with van der Waals surface area (Å²) in [4.78, 5) is 13.2. The van der Waals surface area contributed by atoms with Crippen molar-refractivity contribution >= 4 is 21.7 Å². The summed E-state index contributed by atoms with van der Waals surface area (Å²) < 4.78 is 29.5. The van der Waals surface area contributed by atoms with E-state index in [4.69, 9.17) is 22.7 Å². The van der Waals surface area contributed by atoms with Gasteiger partial charge in [0.05, 0.1) is 5.39 Å². The Morgan fingerprint density at radius 1 is 0.714 bits per heavy atom. The van der Waals surface area contributed by atoms with Crippen LogP contribution in [0.25, 0.3) is 44.9 Å². The minimum absolute atomic E-state index is 0.147. The maximum absolute atomic E-state index is 13.2. The highest BCUT2D eigenvalue weighted by Crippen LogP contribution is 2.36. The third kappa shape index (κ3) is 4.44. The molecule has 7 rings (SSSR count). The number of furan rings is 2. The molecule has 0 aliphatic rings. The molecule has 0 amide bonds. The maximum Gasteiger partial charge on any atom is 0.344 e. The first-order chi connectivity index (χ1) is 20.4. The lowest BCUT2D eigenvalue weighted by Gasteiger charge is -2.15. The van der Waals surface area contributed by atoms with E-state index in [0.29, 0.717) is 62.7 Å². The molecule has 0 saturated heterocycles. The second-order valence-corrected chi connectivity index (χ2v) is 9.65. The molecule has 14 nitrogen and oxygen atoms in total. The molecular weight excluding hydrogens is 544 g/mol. The van der Waals surface area contributed by atoms with Gasteiger partial charge in [-0.2, -0.15) is 10.4 Å². The highest BCUT2D eigenvalue weighted by molar-refractivity contribution is 6.08. The molecule has 2 N–H and O–H groups in total. The van der Waals surface area contributed by atoms with Crippen LogP contribution in [0.2, 0.25) is 0 Å². The highest BCUT2D eigenvalue weighted by atomic mass is 16.5. The molecule has 0 atom stereocenters. The number of H-pyrrole nitrogens is 2. The number of hydrogen-bond donors (Lipinski definition) is 2. The maximum atomic E-state index is 13.2. The van der Waals surface area contributed by atoms with Crippen LogP contribution in [0.15, 0.2) is 60.5 Å². The van der Waals surface area contributed by atoms with E-state index in [-0.39, 0.29) is 13.2 Å². The minimum atomic E-state index is -0.477. The Morgan fingerprint density at radius 3 is 1.93 bits per heavy atom. The fourth-order valence-electron chi connectivity index (χ4n) is 4.82. The molecule has 7 aromatic rings. The summed E-state index contributed by atoms with van der Waals surface area (Å²) in [7, 11) is 0. The molecule has 0 saturated carbocycles. The third-order valence-electron chi connectivity index (χ3n) is 6.87. The second kappa shape index (κ2) is 9.99. The van der Waals surface area contributed by atoms with E-state index in [1.54, 1.807) is 30.3 Å². The molecule has 0 unspecified atom stereocenters. The number of fused-ring (bicyclic) bond motifs is 3. The van der Waals surface area contributed by atoms with Crippen molar-refractivity contribution in [3.05, 3.63) is 81.1 Å². The van der Waals surface area contributed by atoms with E-state index in [9.17, 15) is 4.79 Å². The number of ether oxygens (including phenoxy) is 2. The van der Waals surface area contributed by atoms with E-state index in [1.807, 2.05) is 32.9 Å². The normalized spacial score (nSPS) is 11.5. The Kier molecular flexibility index (Phi) is 6.00. The number of benzene rings is 2.